The summed E-state index contributed by atoms with van der Waals surface area (Å²) < 4.78 is 0. The lowest BCUT2D eigenvalue weighted by Crippen LogP contribution is -2.46. The van der Waals surface area contributed by atoms with Crippen LogP contribution < -0.4 is 5.32 Å². The lowest BCUT2D eigenvalue weighted by molar-refractivity contribution is 0.0550. The Morgan fingerprint density at radius 3 is 2.33 bits per heavy atom. The van der Waals surface area contributed by atoms with Crippen LogP contribution >= 0.6 is 0 Å². The van der Waals surface area contributed by atoms with Crippen molar-refractivity contribution in [2.24, 2.45) is 5.41 Å². The minimum atomic E-state index is -0.0893. The molecule has 1 fully saturated rings. The van der Waals surface area contributed by atoms with Crippen molar-refractivity contribution in [3.63, 3.8) is 0 Å². The standard InChI is InChI=1S/C16H25NO/c1-16(2,3)11-15(12-7-5-4-6-8-12)17-13-9-14(18)10-13/h4-8,13-15,17-18H,9-11H2,1-3H3. The summed E-state index contributed by atoms with van der Waals surface area (Å²) in [5.74, 6) is 0. The zero-order chi connectivity index (χ0) is 13.2. The third-order valence-electron chi connectivity index (χ3n) is 3.57. The van der Waals surface area contributed by atoms with Crippen LogP contribution in [-0.4, -0.2) is 17.3 Å². The van der Waals surface area contributed by atoms with E-state index in [0.29, 0.717) is 17.5 Å². The lowest BCUT2D eigenvalue weighted by atomic mass is 9.83. The van der Waals surface area contributed by atoms with Crippen molar-refractivity contribution in [2.75, 3.05) is 0 Å². The smallest absolute Gasteiger partial charge is 0.0570 e. The van der Waals surface area contributed by atoms with Crippen molar-refractivity contribution in [1.29, 1.82) is 0 Å². The van der Waals surface area contributed by atoms with Crippen molar-refractivity contribution in [3.8, 4) is 0 Å². The molecule has 100 valence electrons. The second-order valence-corrected chi connectivity index (χ2v) is 6.72. The Labute approximate surface area is 110 Å². The fourth-order valence-corrected chi connectivity index (χ4v) is 2.58. The van der Waals surface area contributed by atoms with Crippen LogP contribution in [0.25, 0.3) is 0 Å². The highest BCUT2D eigenvalue weighted by Gasteiger charge is 2.30. The molecule has 1 aromatic carbocycles. The molecule has 0 saturated heterocycles. The molecule has 1 aromatic rings. The van der Waals surface area contributed by atoms with Gasteiger partial charge in [-0.15, -0.1) is 0 Å². The Bertz CT molecular complexity index is 362. The molecular weight excluding hydrogens is 222 g/mol. The first-order chi connectivity index (χ1) is 8.44. The molecule has 0 aliphatic heterocycles. The zero-order valence-electron chi connectivity index (χ0n) is 11.7. The molecule has 0 aromatic heterocycles. The van der Waals surface area contributed by atoms with E-state index in [9.17, 15) is 5.11 Å². The van der Waals surface area contributed by atoms with Gasteiger partial charge < -0.3 is 10.4 Å². The van der Waals surface area contributed by atoms with Crippen LogP contribution in [0.2, 0.25) is 0 Å². The van der Waals surface area contributed by atoms with Gasteiger partial charge in [-0.25, -0.2) is 0 Å². The van der Waals surface area contributed by atoms with Gasteiger partial charge in [0, 0.05) is 12.1 Å². The van der Waals surface area contributed by atoms with Crippen molar-refractivity contribution in [3.05, 3.63) is 35.9 Å². The third-order valence-corrected chi connectivity index (χ3v) is 3.57. The van der Waals surface area contributed by atoms with E-state index in [4.69, 9.17) is 0 Å². The summed E-state index contributed by atoms with van der Waals surface area (Å²) in [6.45, 7) is 6.83. The van der Waals surface area contributed by atoms with E-state index < -0.39 is 0 Å². The molecule has 2 nitrogen and oxygen atoms in total. The van der Waals surface area contributed by atoms with Crippen molar-refractivity contribution in [2.45, 2.75) is 58.2 Å². The molecule has 1 aliphatic carbocycles. The summed E-state index contributed by atoms with van der Waals surface area (Å²) in [6, 6.07) is 11.5. The highest BCUT2D eigenvalue weighted by molar-refractivity contribution is 5.19. The normalized spacial score (nSPS) is 25.6. The Balaban J connectivity index is 2.03. The van der Waals surface area contributed by atoms with Gasteiger partial charge in [0.15, 0.2) is 0 Å². The van der Waals surface area contributed by atoms with Crippen LogP contribution in [0.4, 0.5) is 0 Å². The second kappa shape index (κ2) is 5.41. The number of aliphatic hydroxyl groups excluding tert-OH is 1. The van der Waals surface area contributed by atoms with Crippen molar-refractivity contribution in [1.82, 2.24) is 5.32 Å². The molecule has 0 bridgehead atoms. The van der Waals surface area contributed by atoms with Gasteiger partial charge in [0.05, 0.1) is 6.10 Å². The van der Waals surface area contributed by atoms with Crippen LogP contribution in [0, 0.1) is 5.41 Å². The molecule has 1 unspecified atom stereocenters. The van der Waals surface area contributed by atoms with E-state index in [1.54, 1.807) is 0 Å². The molecule has 0 radical (unpaired) electrons. The topological polar surface area (TPSA) is 32.3 Å². The maximum Gasteiger partial charge on any atom is 0.0570 e. The van der Waals surface area contributed by atoms with Gasteiger partial charge in [-0.2, -0.15) is 0 Å². The minimum absolute atomic E-state index is 0.0893. The zero-order valence-corrected chi connectivity index (χ0v) is 11.7. The number of hydrogen-bond donors (Lipinski definition) is 2. The number of nitrogens with one attached hydrogen (secondary N) is 1. The lowest BCUT2D eigenvalue weighted by Gasteiger charge is -2.37. The molecule has 0 heterocycles. The van der Waals surface area contributed by atoms with E-state index in [0.717, 1.165) is 19.3 Å². The molecule has 1 aliphatic rings. The van der Waals surface area contributed by atoms with Crippen LogP contribution in [0.15, 0.2) is 30.3 Å². The van der Waals surface area contributed by atoms with Crippen LogP contribution in [-0.2, 0) is 0 Å². The van der Waals surface area contributed by atoms with Crippen LogP contribution in [0.5, 0.6) is 0 Å². The van der Waals surface area contributed by atoms with Gasteiger partial charge in [-0.05, 0) is 30.2 Å². The molecule has 0 amide bonds. The quantitative estimate of drug-likeness (QED) is 0.856. The first-order valence-corrected chi connectivity index (χ1v) is 6.93. The first kappa shape index (κ1) is 13.6. The fraction of sp³-hybridized carbons (Fsp3) is 0.625. The maximum absolute atomic E-state index is 9.39. The number of benzene rings is 1. The molecule has 0 spiro atoms. The molecule has 2 heteroatoms. The van der Waals surface area contributed by atoms with Crippen LogP contribution in [0.1, 0.15) is 51.6 Å². The van der Waals surface area contributed by atoms with E-state index in [1.165, 1.54) is 5.56 Å². The summed E-state index contributed by atoms with van der Waals surface area (Å²) in [6.07, 6.45) is 2.82. The molecular formula is C16H25NO. The maximum atomic E-state index is 9.39. The van der Waals surface area contributed by atoms with E-state index >= 15 is 0 Å². The van der Waals surface area contributed by atoms with Gasteiger partial charge in [-0.3, -0.25) is 0 Å². The number of hydrogen-bond acceptors (Lipinski definition) is 2. The third kappa shape index (κ3) is 3.82. The monoisotopic (exact) mass is 247 g/mol. The SMILES string of the molecule is CC(C)(C)CC(NC1CC(O)C1)c1ccccc1. The van der Waals surface area contributed by atoms with E-state index in [1.807, 2.05) is 0 Å². The largest absolute Gasteiger partial charge is 0.393 e. The fourth-order valence-electron chi connectivity index (χ4n) is 2.58. The molecule has 18 heavy (non-hydrogen) atoms. The van der Waals surface area contributed by atoms with Crippen molar-refractivity contribution < 1.29 is 5.11 Å². The van der Waals surface area contributed by atoms with E-state index in [2.05, 4.69) is 56.4 Å². The average molecular weight is 247 g/mol. The second-order valence-electron chi connectivity index (χ2n) is 6.72. The minimum Gasteiger partial charge on any atom is -0.393 e. The van der Waals surface area contributed by atoms with Gasteiger partial charge in [-0.1, -0.05) is 51.1 Å². The summed E-state index contributed by atoms with van der Waals surface area (Å²) >= 11 is 0. The molecule has 1 saturated carbocycles. The number of rotatable bonds is 4. The molecule has 1 atom stereocenters. The number of aliphatic hydroxyl groups is 1. The predicted octanol–water partition coefficient (Wildman–Crippen LogP) is 3.28. The Hall–Kier alpha value is -0.860. The highest BCUT2D eigenvalue weighted by Crippen LogP contribution is 2.32. The van der Waals surface area contributed by atoms with E-state index in [-0.39, 0.29) is 6.10 Å². The molecule has 2 N–H and O–H groups in total. The Morgan fingerprint density at radius 2 is 1.83 bits per heavy atom. The van der Waals surface area contributed by atoms with Gasteiger partial charge in [0.25, 0.3) is 0 Å². The summed E-state index contributed by atoms with van der Waals surface area (Å²) in [4.78, 5) is 0. The first-order valence-electron chi connectivity index (χ1n) is 6.93. The summed E-state index contributed by atoms with van der Waals surface area (Å²) in [5.41, 5.74) is 1.66. The van der Waals surface area contributed by atoms with Gasteiger partial charge in [0.1, 0.15) is 0 Å². The Kier molecular flexibility index (Phi) is 4.08. The average Bonchev–Trinajstić information content (AvgIpc) is 2.25. The Morgan fingerprint density at radius 1 is 1.22 bits per heavy atom. The summed E-state index contributed by atoms with van der Waals surface area (Å²) in [5, 5.41) is 13.1. The highest BCUT2D eigenvalue weighted by atomic mass is 16.3. The van der Waals surface area contributed by atoms with Gasteiger partial charge in [0.2, 0.25) is 0 Å². The predicted molar refractivity (Wildman–Crippen MR) is 75.4 cm³/mol. The summed E-state index contributed by atoms with van der Waals surface area (Å²) in [7, 11) is 0. The van der Waals surface area contributed by atoms with Gasteiger partial charge >= 0.3 is 0 Å². The molecule has 2 rings (SSSR count). The van der Waals surface area contributed by atoms with Crippen molar-refractivity contribution >= 4 is 0 Å². The van der Waals surface area contributed by atoms with Crippen LogP contribution in [0.3, 0.4) is 0 Å².